The number of hydrogen-bond donors (Lipinski definition) is 0. The second-order valence-corrected chi connectivity index (χ2v) is 7.01. The molecule has 19 heavy (non-hydrogen) atoms. The van der Waals surface area contributed by atoms with Crippen molar-refractivity contribution in [2.24, 2.45) is 5.41 Å². The van der Waals surface area contributed by atoms with E-state index in [1.54, 1.807) is 14.2 Å². The summed E-state index contributed by atoms with van der Waals surface area (Å²) in [5, 5.41) is 0. The molecule has 1 aliphatic carbocycles. The first-order valence-corrected chi connectivity index (χ1v) is 6.74. The number of hydrogen-bond acceptors (Lipinski definition) is 4. The van der Waals surface area contributed by atoms with Gasteiger partial charge in [-0.25, -0.2) is 4.79 Å². The molecule has 0 aromatic carbocycles. The van der Waals surface area contributed by atoms with Crippen LogP contribution in [0.2, 0.25) is 0 Å². The number of methoxy groups -OCH3 is 2. The third-order valence-corrected chi connectivity index (χ3v) is 3.95. The summed E-state index contributed by atoms with van der Waals surface area (Å²) in [7, 11) is 3.39. The van der Waals surface area contributed by atoms with E-state index in [2.05, 4.69) is 0 Å². The Kier molecular flexibility index (Phi) is 3.56. The van der Waals surface area contributed by atoms with Crippen LogP contribution in [0.15, 0.2) is 0 Å². The summed E-state index contributed by atoms with van der Waals surface area (Å²) >= 11 is 0. The van der Waals surface area contributed by atoms with Crippen LogP contribution in [0.1, 0.15) is 33.6 Å². The van der Waals surface area contributed by atoms with Crippen molar-refractivity contribution in [2.45, 2.75) is 44.8 Å². The Bertz CT molecular complexity index is 355. The van der Waals surface area contributed by atoms with E-state index >= 15 is 0 Å². The van der Waals surface area contributed by atoms with Crippen LogP contribution in [0.3, 0.4) is 0 Å². The molecule has 0 N–H and O–H groups in total. The SMILES string of the molecule is COCC12CN(C(=O)OC(C)(C)C)C(COC)(C1)C2. The van der Waals surface area contributed by atoms with E-state index in [0.29, 0.717) is 19.8 Å². The summed E-state index contributed by atoms with van der Waals surface area (Å²) in [5.41, 5.74) is -0.549. The molecule has 2 aliphatic heterocycles. The Balaban J connectivity index is 2.09. The van der Waals surface area contributed by atoms with E-state index in [1.807, 2.05) is 25.7 Å². The molecule has 0 radical (unpaired) electrons. The number of amides is 1. The minimum atomic E-state index is -0.466. The van der Waals surface area contributed by atoms with Crippen LogP contribution in [0, 0.1) is 5.41 Å². The monoisotopic (exact) mass is 271 g/mol. The minimum Gasteiger partial charge on any atom is -0.444 e. The highest BCUT2D eigenvalue weighted by molar-refractivity contribution is 5.71. The summed E-state index contributed by atoms with van der Waals surface area (Å²) < 4.78 is 16.1. The van der Waals surface area contributed by atoms with Crippen molar-refractivity contribution in [3.8, 4) is 0 Å². The molecule has 1 amide bonds. The summed E-state index contributed by atoms with van der Waals surface area (Å²) in [6.07, 6.45) is 1.65. The van der Waals surface area contributed by atoms with Crippen molar-refractivity contribution >= 4 is 6.09 Å². The lowest BCUT2D eigenvalue weighted by molar-refractivity contribution is -0.0447. The van der Waals surface area contributed by atoms with Crippen molar-refractivity contribution in [2.75, 3.05) is 34.0 Å². The average Bonchev–Trinajstić information content (AvgIpc) is 2.66. The summed E-state index contributed by atoms with van der Waals surface area (Å²) in [5.74, 6) is 0. The molecule has 2 heterocycles. The second-order valence-electron chi connectivity index (χ2n) is 7.01. The van der Waals surface area contributed by atoms with Crippen LogP contribution in [0.5, 0.6) is 0 Å². The molecule has 3 aliphatic rings. The van der Waals surface area contributed by atoms with Crippen molar-refractivity contribution < 1.29 is 19.0 Å². The van der Waals surface area contributed by atoms with Gasteiger partial charge in [-0.1, -0.05) is 0 Å². The van der Waals surface area contributed by atoms with E-state index in [4.69, 9.17) is 14.2 Å². The summed E-state index contributed by atoms with van der Waals surface area (Å²) in [6.45, 7) is 7.63. The number of fused-ring (bicyclic) bond motifs is 1. The molecule has 1 saturated carbocycles. The van der Waals surface area contributed by atoms with Gasteiger partial charge in [0.15, 0.2) is 0 Å². The average molecular weight is 271 g/mol. The van der Waals surface area contributed by atoms with Crippen LogP contribution >= 0.6 is 0 Å². The highest BCUT2D eigenvalue weighted by atomic mass is 16.6. The smallest absolute Gasteiger partial charge is 0.410 e. The van der Waals surface area contributed by atoms with Gasteiger partial charge in [-0.3, -0.25) is 4.90 Å². The first-order chi connectivity index (χ1) is 8.76. The largest absolute Gasteiger partial charge is 0.444 e. The fourth-order valence-electron chi connectivity index (χ4n) is 3.63. The molecule has 0 atom stereocenters. The topological polar surface area (TPSA) is 48.0 Å². The molecule has 5 heteroatoms. The summed E-state index contributed by atoms with van der Waals surface area (Å²) in [6, 6.07) is 0. The Hall–Kier alpha value is -0.810. The predicted molar refractivity (Wildman–Crippen MR) is 71.1 cm³/mol. The molecule has 110 valence electrons. The maximum absolute atomic E-state index is 12.3. The zero-order chi connectivity index (χ0) is 14.3. The molecule has 0 spiro atoms. The normalized spacial score (nSPS) is 33.2. The molecule has 3 fully saturated rings. The van der Waals surface area contributed by atoms with Gasteiger partial charge < -0.3 is 14.2 Å². The maximum atomic E-state index is 12.3. The highest BCUT2D eigenvalue weighted by Gasteiger charge is 2.67. The van der Waals surface area contributed by atoms with E-state index < -0.39 is 5.60 Å². The lowest BCUT2D eigenvalue weighted by Crippen LogP contribution is -2.55. The number of carbonyl (C=O) groups excluding carboxylic acids is 1. The van der Waals surface area contributed by atoms with E-state index in [-0.39, 0.29) is 17.0 Å². The van der Waals surface area contributed by atoms with Crippen LogP contribution in [0.4, 0.5) is 4.79 Å². The number of nitrogens with zero attached hydrogens (tertiary/aromatic N) is 1. The van der Waals surface area contributed by atoms with Crippen molar-refractivity contribution in [3.05, 3.63) is 0 Å². The Morgan fingerprint density at radius 2 is 1.74 bits per heavy atom. The Morgan fingerprint density at radius 1 is 1.16 bits per heavy atom. The quantitative estimate of drug-likeness (QED) is 0.785. The van der Waals surface area contributed by atoms with Gasteiger partial charge in [-0.2, -0.15) is 0 Å². The molecular weight excluding hydrogens is 246 g/mol. The highest BCUT2D eigenvalue weighted by Crippen LogP contribution is 2.59. The van der Waals surface area contributed by atoms with Gasteiger partial charge in [0.2, 0.25) is 0 Å². The van der Waals surface area contributed by atoms with E-state index in [1.165, 1.54) is 0 Å². The number of rotatable bonds is 4. The minimum absolute atomic E-state index is 0.101. The zero-order valence-electron chi connectivity index (χ0n) is 12.6. The summed E-state index contributed by atoms with van der Waals surface area (Å²) in [4.78, 5) is 14.2. The van der Waals surface area contributed by atoms with Crippen LogP contribution < -0.4 is 0 Å². The van der Waals surface area contributed by atoms with Crippen LogP contribution in [-0.4, -0.2) is 56.1 Å². The molecule has 0 aromatic heterocycles. The number of carbonyl (C=O) groups is 1. The second kappa shape index (κ2) is 4.63. The lowest BCUT2D eigenvalue weighted by atomic mass is 9.62. The van der Waals surface area contributed by atoms with Gasteiger partial charge >= 0.3 is 6.09 Å². The van der Waals surface area contributed by atoms with Gasteiger partial charge in [0.1, 0.15) is 5.60 Å². The van der Waals surface area contributed by atoms with Crippen molar-refractivity contribution in [1.29, 1.82) is 0 Å². The van der Waals surface area contributed by atoms with E-state index in [0.717, 1.165) is 12.8 Å². The van der Waals surface area contributed by atoms with E-state index in [9.17, 15) is 4.79 Å². The fraction of sp³-hybridized carbons (Fsp3) is 0.929. The first-order valence-electron chi connectivity index (χ1n) is 6.74. The predicted octanol–water partition coefficient (Wildman–Crippen LogP) is 2.05. The Labute approximate surface area is 115 Å². The molecule has 2 bridgehead atoms. The first kappa shape index (κ1) is 14.6. The maximum Gasteiger partial charge on any atom is 0.410 e. The molecular formula is C14H25NO4. The van der Waals surface area contributed by atoms with Gasteiger partial charge in [-0.05, 0) is 33.6 Å². The molecule has 2 saturated heterocycles. The van der Waals surface area contributed by atoms with Crippen molar-refractivity contribution in [1.82, 2.24) is 4.90 Å². The lowest BCUT2D eigenvalue weighted by Gasteiger charge is -2.46. The standard InChI is InChI=1S/C14H25NO4/c1-12(2,3)19-11(16)15-8-13(9-17-4)6-14(15,7-13)10-18-5/h6-10H2,1-5H3. The molecule has 0 aromatic rings. The van der Waals surface area contributed by atoms with Crippen LogP contribution in [0.25, 0.3) is 0 Å². The molecule has 0 unspecified atom stereocenters. The molecule has 3 rings (SSSR count). The Morgan fingerprint density at radius 3 is 2.21 bits per heavy atom. The third kappa shape index (κ3) is 2.58. The number of ether oxygens (including phenoxy) is 3. The fourth-order valence-corrected chi connectivity index (χ4v) is 3.63. The van der Waals surface area contributed by atoms with Crippen LogP contribution in [-0.2, 0) is 14.2 Å². The third-order valence-electron chi connectivity index (χ3n) is 3.95. The van der Waals surface area contributed by atoms with Gasteiger partial charge in [0.05, 0.1) is 18.8 Å². The molecule has 5 nitrogen and oxygen atoms in total. The van der Waals surface area contributed by atoms with Crippen molar-refractivity contribution in [3.63, 3.8) is 0 Å². The zero-order valence-corrected chi connectivity index (χ0v) is 12.6. The van der Waals surface area contributed by atoms with Gasteiger partial charge in [0.25, 0.3) is 0 Å². The van der Waals surface area contributed by atoms with Gasteiger partial charge in [-0.15, -0.1) is 0 Å². The van der Waals surface area contributed by atoms with Gasteiger partial charge in [0, 0.05) is 26.2 Å².